The Balaban J connectivity index is 2.00. The summed E-state index contributed by atoms with van der Waals surface area (Å²) >= 11 is 0. The van der Waals surface area contributed by atoms with Gasteiger partial charge in [0, 0.05) is 18.9 Å². The molecule has 0 amide bonds. The zero-order valence-electron chi connectivity index (χ0n) is 11.8. The molecule has 0 bridgehead atoms. The zero-order chi connectivity index (χ0) is 15.3. The van der Waals surface area contributed by atoms with Crippen molar-refractivity contribution >= 4 is 10.0 Å². The van der Waals surface area contributed by atoms with Gasteiger partial charge in [-0.1, -0.05) is 24.3 Å². The van der Waals surface area contributed by atoms with Crippen LogP contribution in [-0.2, 0) is 28.9 Å². The lowest BCUT2D eigenvalue weighted by Gasteiger charge is -2.09. The second-order valence-electron chi connectivity index (χ2n) is 4.86. The van der Waals surface area contributed by atoms with Gasteiger partial charge in [-0.2, -0.15) is 0 Å². The Kier molecular flexibility index (Phi) is 5.06. The number of sulfonamides is 1. The van der Waals surface area contributed by atoms with E-state index in [2.05, 4.69) is 9.71 Å². The fourth-order valence-electron chi connectivity index (χ4n) is 1.88. The molecule has 2 aromatic rings. The van der Waals surface area contributed by atoms with Gasteiger partial charge < -0.3 is 5.11 Å². The molecule has 0 saturated heterocycles. The van der Waals surface area contributed by atoms with E-state index in [-0.39, 0.29) is 18.9 Å². The van der Waals surface area contributed by atoms with E-state index in [1.807, 2.05) is 13.0 Å². The molecule has 21 heavy (non-hydrogen) atoms. The summed E-state index contributed by atoms with van der Waals surface area (Å²) in [6.07, 6.45) is 3.34. The number of aliphatic hydroxyl groups is 1. The van der Waals surface area contributed by atoms with Crippen LogP contribution in [0, 0.1) is 6.92 Å². The molecule has 0 aliphatic carbocycles. The van der Waals surface area contributed by atoms with Crippen LogP contribution in [0.2, 0.25) is 0 Å². The molecule has 5 nitrogen and oxygen atoms in total. The Morgan fingerprint density at radius 1 is 1.14 bits per heavy atom. The van der Waals surface area contributed by atoms with E-state index < -0.39 is 10.0 Å². The average molecular weight is 306 g/mol. The van der Waals surface area contributed by atoms with Crippen LogP contribution in [0.15, 0.2) is 42.7 Å². The first-order valence-electron chi connectivity index (χ1n) is 6.56. The first kappa shape index (κ1) is 15.6. The minimum Gasteiger partial charge on any atom is -0.392 e. The van der Waals surface area contributed by atoms with Crippen LogP contribution in [0.4, 0.5) is 0 Å². The molecule has 2 rings (SSSR count). The van der Waals surface area contributed by atoms with Crippen LogP contribution in [0.3, 0.4) is 0 Å². The van der Waals surface area contributed by atoms with Crippen LogP contribution in [0.25, 0.3) is 0 Å². The fourth-order valence-corrected chi connectivity index (χ4v) is 2.99. The van der Waals surface area contributed by atoms with Crippen molar-refractivity contribution in [2.24, 2.45) is 0 Å². The van der Waals surface area contributed by atoms with E-state index in [1.54, 1.807) is 36.7 Å². The van der Waals surface area contributed by atoms with E-state index in [4.69, 9.17) is 5.11 Å². The second kappa shape index (κ2) is 6.80. The van der Waals surface area contributed by atoms with Crippen LogP contribution < -0.4 is 4.72 Å². The highest BCUT2D eigenvalue weighted by Gasteiger charge is 2.12. The van der Waals surface area contributed by atoms with Gasteiger partial charge in [-0.25, -0.2) is 13.1 Å². The van der Waals surface area contributed by atoms with Gasteiger partial charge in [-0.3, -0.25) is 4.98 Å². The SMILES string of the molecule is Cc1ccncc1CNS(=O)(=O)Cc1ccc(CO)cc1. The summed E-state index contributed by atoms with van der Waals surface area (Å²) < 4.78 is 26.7. The topological polar surface area (TPSA) is 79.3 Å². The lowest BCUT2D eigenvalue weighted by molar-refractivity contribution is 0.282. The minimum absolute atomic E-state index is 0.0500. The smallest absolute Gasteiger partial charge is 0.216 e. The summed E-state index contributed by atoms with van der Waals surface area (Å²) in [5, 5.41) is 8.96. The standard InChI is InChI=1S/C15H18N2O3S/c1-12-6-7-16-8-15(12)9-17-21(19,20)11-14-4-2-13(10-18)3-5-14/h2-8,17-18H,9-11H2,1H3. The van der Waals surface area contributed by atoms with E-state index in [0.29, 0.717) is 5.56 Å². The van der Waals surface area contributed by atoms with Crippen molar-refractivity contribution in [3.63, 3.8) is 0 Å². The van der Waals surface area contributed by atoms with Gasteiger partial charge in [0.15, 0.2) is 0 Å². The van der Waals surface area contributed by atoms with Crippen LogP contribution in [-0.4, -0.2) is 18.5 Å². The second-order valence-corrected chi connectivity index (χ2v) is 6.66. The number of rotatable bonds is 6. The molecule has 0 fully saturated rings. The lowest BCUT2D eigenvalue weighted by atomic mass is 10.2. The van der Waals surface area contributed by atoms with Gasteiger partial charge in [-0.15, -0.1) is 0 Å². The molecule has 0 aliphatic heterocycles. The molecule has 0 spiro atoms. The highest BCUT2D eigenvalue weighted by atomic mass is 32.2. The van der Waals surface area contributed by atoms with Crippen molar-refractivity contribution in [3.05, 3.63) is 65.0 Å². The van der Waals surface area contributed by atoms with E-state index >= 15 is 0 Å². The Morgan fingerprint density at radius 3 is 2.43 bits per heavy atom. The molecule has 0 saturated carbocycles. The fraction of sp³-hybridized carbons (Fsp3) is 0.267. The van der Waals surface area contributed by atoms with E-state index in [0.717, 1.165) is 16.7 Å². The number of aromatic nitrogens is 1. The molecular formula is C15H18N2O3S. The van der Waals surface area contributed by atoms with Crippen LogP contribution in [0.1, 0.15) is 22.3 Å². The largest absolute Gasteiger partial charge is 0.392 e. The van der Waals surface area contributed by atoms with Gasteiger partial charge in [0.25, 0.3) is 0 Å². The summed E-state index contributed by atoms with van der Waals surface area (Å²) in [6, 6.07) is 8.70. The maximum atomic E-state index is 12.1. The van der Waals surface area contributed by atoms with Crippen molar-refractivity contribution in [3.8, 4) is 0 Å². The normalized spacial score (nSPS) is 11.5. The molecule has 1 heterocycles. The van der Waals surface area contributed by atoms with Crippen LogP contribution >= 0.6 is 0 Å². The summed E-state index contributed by atoms with van der Waals surface area (Å²) in [6.45, 7) is 2.10. The third-order valence-corrected chi connectivity index (χ3v) is 4.49. The Labute approximate surface area is 124 Å². The molecule has 0 unspecified atom stereocenters. The molecule has 0 aliphatic rings. The van der Waals surface area contributed by atoms with Crippen LogP contribution in [0.5, 0.6) is 0 Å². The number of benzene rings is 1. The molecule has 112 valence electrons. The molecule has 2 N–H and O–H groups in total. The quantitative estimate of drug-likeness (QED) is 0.847. The van der Waals surface area contributed by atoms with Crippen molar-refractivity contribution < 1.29 is 13.5 Å². The first-order chi connectivity index (χ1) is 10.00. The minimum atomic E-state index is -3.41. The first-order valence-corrected chi connectivity index (χ1v) is 8.21. The van der Waals surface area contributed by atoms with E-state index in [9.17, 15) is 8.42 Å². The predicted octanol–water partition coefficient (Wildman–Crippen LogP) is 1.50. The number of hydrogen-bond acceptors (Lipinski definition) is 4. The number of aliphatic hydroxyl groups excluding tert-OH is 1. The molecule has 6 heteroatoms. The summed E-state index contributed by atoms with van der Waals surface area (Å²) in [7, 11) is -3.41. The Morgan fingerprint density at radius 2 is 1.81 bits per heavy atom. The lowest BCUT2D eigenvalue weighted by Crippen LogP contribution is -2.25. The summed E-state index contributed by atoms with van der Waals surface area (Å²) in [5.74, 6) is -0.0853. The number of nitrogens with one attached hydrogen (secondary N) is 1. The Bertz CT molecular complexity index is 697. The molecule has 0 radical (unpaired) electrons. The average Bonchev–Trinajstić information content (AvgIpc) is 2.47. The van der Waals surface area contributed by atoms with Crippen molar-refractivity contribution in [2.45, 2.75) is 25.8 Å². The zero-order valence-corrected chi connectivity index (χ0v) is 12.6. The van der Waals surface area contributed by atoms with Gasteiger partial charge in [0.1, 0.15) is 0 Å². The number of hydrogen-bond donors (Lipinski definition) is 2. The van der Waals surface area contributed by atoms with Crippen molar-refractivity contribution in [2.75, 3.05) is 0 Å². The highest BCUT2D eigenvalue weighted by molar-refractivity contribution is 7.88. The maximum Gasteiger partial charge on any atom is 0.216 e. The van der Waals surface area contributed by atoms with Gasteiger partial charge in [0.2, 0.25) is 10.0 Å². The predicted molar refractivity (Wildman–Crippen MR) is 80.8 cm³/mol. The number of nitrogens with zero attached hydrogens (tertiary/aromatic N) is 1. The van der Waals surface area contributed by atoms with Gasteiger partial charge >= 0.3 is 0 Å². The van der Waals surface area contributed by atoms with Crippen molar-refractivity contribution in [1.82, 2.24) is 9.71 Å². The molecule has 1 aromatic heterocycles. The maximum absolute atomic E-state index is 12.1. The van der Waals surface area contributed by atoms with Gasteiger partial charge in [-0.05, 0) is 35.2 Å². The van der Waals surface area contributed by atoms with E-state index in [1.165, 1.54) is 0 Å². The Hall–Kier alpha value is -1.76. The summed E-state index contributed by atoms with van der Waals surface area (Å²) in [4.78, 5) is 3.99. The van der Waals surface area contributed by atoms with Gasteiger partial charge in [0.05, 0.1) is 12.4 Å². The number of aryl methyl sites for hydroxylation is 1. The summed E-state index contributed by atoms with van der Waals surface area (Å²) in [5.41, 5.74) is 3.30. The third-order valence-electron chi connectivity index (χ3n) is 3.19. The third kappa shape index (κ3) is 4.63. The number of pyridine rings is 1. The van der Waals surface area contributed by atoms with Crippen molar-refractivity contribution in [1.29, 1.82) is 0 Å². The molecule has 1 aromatic carbocycles. The molecular weight excluding hydrogens is 288 g/mol. The molecule has 0 atom stereocenters. The monoisotopic (exact) mass is 306 g/mol. The highest BCUT2D eigenvalue weighted by Crippen LogP contribution is 2.09.